The third-order valence-electron chi connectivity index (χ3n) is 5.19. The van der Waals surface area contributed by atoms with E-state index in [1.807, 2.05) is 0 Å². The number of nitrogens with two attached hydrogens (primary N) is 1. The lowest BCUT2D eigenvalue weighted by Gasteiger charge is -2.44. The zero-order valence-electron chi connectivity index (χ0n) is 16.4. The van der Waals surface area contributed by atoms with Crippen molar-refractivity contribution in [3.63, 3.8) is 0 Å². The number of carbonyl (C=O) groups is 2. The summed E-state index contributed by atoms with van der Waals surface area (Å²) in [6.45, 7) is -0.337. The molecule has 9 nitrogen and oxygen atoms in total. The maximum atomic E-state index is 13.2. The Labute approximate surface area is 179 Å². The van der Waals surface area contributed by atoms with Gasteiger partial charge in [-0.1, -0.05) is 0 Å². The van der Waals surface area contributed by atoms with Crippen LogP contribution >= 0.6 is 0 Å². The Bertz CT molecular complexity index is 1060. The third kappa shape index (κ3) is 4.74. The Balaban J connectivity index is 1.95. The zero-order valence-corrected chi connectivity index (χ0v) is 16.4. The predicted molar refractivity (Wildman–Crippen MR) is 102 cm³/mol. The summed E-state index contributed by atoms with van der Waals surface area (Å²) in [4.78, 5) is 23.9. The second-order valence-corrected chi connectivity index (χ2v) is 7.38. The minimum atomic E-state index is -4.79. The molecule has 13 heteroatoms. The molecular formula is C19H18F4N6O3. The summed E-state index contributed by atoms with van der Waals surface area (Å²) in [5.41, 5.74) is 3.33. The maximum absolute atomic E-state index is 13.2. The van der Waals surface area contributed by atoms with Crippen LogP contribution in [0.25, 0.3) is 0 Å². The number of aromatic nitrogens is 2. The summed E-state index contributed by atoms with van der Waals surface area (Å²) < 4.78 is 53.9. The van der Waals surface area contributed by atoms with Crippen LogP contribution in [0.5, 0.6) is 0 Å². The lowest BCUT2D eigenvalue weighted by atomic mass is 9.82. The number of hydrogen-bond donors (Lipinski definition) is 3. The van der Waals surface area contributed by atoms with Crippen molar-refractivity contribution < 1.29 is 32.3 Å². The van der Waals surface area contributed by atoms with Crippen molar-refractivity contribution in [3.05, 3.63) is 41.8 Å². The molecule has 2 atom stereocenters. The highest BCUT2D eigenvalue weighted by atomic mass is 19.4. The number of carboxylic acid groups (broad SMARTS) is 1. The van der Waals surface area contributed by atoms with Gasteiger partial charge in [0.05, 0.1) is 18.5 Å². The number of benzene rings is 1. The van der Waals surface area contributed by atoms with E-state index >= 15 is 0 Å². The van der Waals surface area contributed by atoms with Crippen LogP contribution in [0, 0.1) is 17.1 Å². The van der Waals surface area contributed by atoms with Gasteiger partial charge in [-0.2, -0.15) is 23.5 Å². The van der Waals surface area contributed by atoms with Crippen molar-refractivity contribution in [1.29, 1.82) is 5.26 Å². The van der Waals surface area contributed by atoms with Crippen molar-refractivity contribution in [3.8, 4) is 6.07 Å². The summed E-state index contributed by atoms with van der Waals surface area (Å²) in [5.74, 6) is -1.37. The average Bonchev–Trinajstić information content (AvgIpc) is 3.12. The molecular weight excluding hydrogens is 436 g/mol. The largest absolute Gasteiger partial charge is 0.465 e. The average molecular weight is 454 g/mol. The van der Waals surface area contributed by atoms with Crippen molar-refractivity contribution in [2.75, 3.05) is 11.9 Å². The summed E-state index contributed by atoms with van der Waals surface area (Å²) in [7, 11) is 0. The number of piperidine rings is 1. The molecule has 1 fully saturated rings. The van der Waals surface area contributed by atoms with E-state index in [0.717, 1.165) is 0 Å². The van der Waals surface area contributed by atoms with E-state index in [1.165, 1.54) is 41.2 Å². The molecule has 0 aliphatic carbocycles. The number of nitrogens with zero attached hydrogens (tertiary/aromatic N) is 4. The highest BCUT2D eigenvalue weighted by Crippen LogP contribution is 2.42. The number of anilines is 2. The van der Waals surface area contributed by atoms with E-state index < -0.39 is 48.4 Å². The first kappa shape index (κ1) is 22.9. The van der Waals surface area contributed by atoms with Crippen LogP contribution in [0.15, 0.2) is 30.5 Å². The lowest BCUT2D eigenvalue weighted by molar-refractivity contribution is -0.158. The Morgan fingerprint density at radius 2 is 2.00 bits per heavy atom. The van der Waals surface area contributed by atoms with E-state index in [9.17, 15) is 37.5 Å². The van der Waals surface area contributed by atoms with E-state index in [4.69, 9.17) is 5.73 Å². The van der Waals surface area contributed by atoms with Gasteiger partial charge in [-0.15, -0.1) is 0 Å². The number of likely N-dealkylation sites (tertiary alicyclic amines) is 1. The Kier molecular flexibility index (Phi) is 5.98. The molecule has 0 radical (unpaired) electrons. The second-order valence-electron chi connectivity index (χ2n) is 7.38. The van der Waals surface area contributed by atoms with E-state index in [-0.39, 0.29) is 24.3 Å². The van der Waals surface area contributed by atoms with Crippen LogP contribution < -0.4 is 11.1 Å². The summed E-state index contributed by atoms with van der Waals surface area (Å²) >= 11 is 0. The molecule has 1 saturated heterocycles. The maximum Gasteiger partial charge on any atom is 0.408 e. The topological polar surface area (TPSA) is 137 Å². The standard InChI is InChI=1S/C19H18F4N6O3/c20-11-1-3-12(4-2-11)26-16-14(15(25)30)8-29(27-16)13-5-6-28(17(31)32)18(7-13,10-24)9-19(21,22)23/h1-4,8,13H,5-7,9H2,(H2,25,30)(H,26,27)(H,31,32). The van der Waals surface area contributed by atoms with Crippen LogP contribution in [-0.4, -0.2) is 50.0 Å². The molecule has 2 aromatic rings. The van der Waals surface area contributed by atoms with Gasteiger partial charge >= 0.3 is 12.3 Å². The van der Waals surface area contributed by atoms with Crippen molar-refractivity contribution >= 4 is 23.5 Å². The van der Waals surface area contributed by atoms with Gasteiger partial charge in [0.15, 0.2) is 5.82 Å². The van der Waals surface area contributed by atoms with Crippen LogP contribution in [-0.2, 0) is 0 Å². The summed E-state index contributed by atoms with van der Waals surface area (Å²) in [6.07, 6.45) is -7.28. The number of carbonyl (C=O) groups excluding carboxylic acids is 1. The quantitative estimate of drug-likeness (QED) is 0.592. The smallest absolute Gasteiger partial charge is 0.408 e. The first-order chi connectivity index (χ1) is 14.9. The number of amides is 2. The molecule has 2 amide bonds. The van der Waals surface area contributed by atoms with Crippen LogP contribution in [0.2, 0.25) is 0 Å². The first-order valence-corrected chi connectivity index (χ1v) is 9.34. The zero-order chi connectivity index (χ0) is 23.7. The van der Waals surface area contributed by atoms with Crippen molar-refractivity contribution in [2.45, 2.75) is 37.0 Å². The number of nitriles is 1. The van der Waals surface area contributed by atoms with Crippen LogP contribution in [0.4, 0.5) is 33.9 Å². The van der Waals surface area contributed by atoms with Gasteiger partial charge in [0, 0.05) is 24.8 Å². The Morgan fingerprint density at radius 1 is 1.34 bits per heavy atom. The fourth-order valence-electron chi connectivity index (χ4n) is 3.76. The van der Waals surface area contributed by atoms with E-state index in [2.05, 4.69) is 10.4 Å². The SMILES string of the molecule is N#CC1(CC(F)(F)F)CC(n2cc(C(N)=O)c(Nc3ccc(F)cc3)n2)CCN1C(=O)O. The molecule has 1 aromatic heterocycles. The fraction of sp³-hybridized carbons (Fsp3) is 0.368. The van der Waals surface area contributed by atoms with Gasteiger partial charge in [-0.05, 0) is 30.7 Å². The van der Waals surface area contributed by atoms with Crippen LogP contribution in [0.1, 0.15) is 35.7 Å². The van der Waals surface area contributed by atoms with E-state index in [1.54, 1.807) is 0 Å². The second kappa shape index (κ2) is 8.37. The lowest BCUT2D eigenvalue weighted by Crippen LogP contribution is -2.57. The molecule has 4 N–H and O–H groups in total. The number of nitrogens with one attached hydrogen (secondary N) is 1. The molecule has 0 saturated carbocycles. The van der Waals surface area contributed by atoms with Gasteiger partial charge in [0.2, 0.25) is 0 Å². The number of hydrogen-bond acceptors (Lipinski definition) is 5. The molecule has 0 bridgehead atoms. The van der Waals surface area contributed by atoms with Crippen molar-refractivity contribution in [2.24, 2.45) is 5.73 Å². The number of rotatable bonds is 5. The molecule has 3 rings (SSSR count). The molecule has 32 heavy (non-hydrogen) atoms. The molecule has 1 aliphatic rings. The molecule has 2 heterocycles. The fourth-order valence-corrected chi connectivity index (χ4v) is 3.76. The van der Waals surface area contributed by atoms with Gasteiger partial charge in [0.1, 0.15) is 16.9 Å². The number of primary amides is 1. The van der Waals surface area contributed by atoms with Gasteiger partial charge in [-0.25, -0.2) is 9.18 Å². The van der Waals surface area contributed by atoms with Crippen LogP contribution in [0.3, 0.4) is 0 Å². The minimum Gasteiger partial charge on any atom is -0.465 e. The number of alkyl halides is 3. The summed E-state index contributed by atoms with van der Waals surface area (Å²) in [6, 6.07) is 5.83. The van der Waals surface area contributed by atoms with E-state index in [0.29, 0.717) is 10.6 Å². The van der Waals surface area contributed by atoms with Gasteiger partial charge < -0.3 is 16.2 Å². The number of halogens is 4. The monoisotopic (exact) mass is 454 g/mol. The first-order valence-electron chi connectivity index (χ1n) is 9.34. The molecule has 1 aliphatic heterocycles. The predicted octanol–water partition coefficient (Wildman–Crippen LogP) is 3.39. The molecule has 170 valence electrons. The minimum absolute atomic E-state index is 0.0110. The molecule has 0 spiro atoms. The third-order valence-corrected chi connectivity index (χ3v) is 5.19. The molecule has 1 aromatic carbocycles. The highest BCUT2D eigenvalue weighted by molar-refractivity contribution is 5.98. The van der Waals surface area contributed by atoms with Crippen molar-refractivity contribution in [1.82, 2.24) is 14.7 Å². The Hall–Kier alpha value is -3.82. The highest BCUT2D eigenvalue weighted by Gasteiger charge is 2.52. The van der Waals surface area contributed by atoms with Gasteiger partial charge in [-0.3, -0.25) is 14.4 Å². The Morgan fingerprint density at radius 3 is 2.53 bits per heavy atom. The summed E-state index contributed by atoms with van der Waals surface area (Å²) in [5, 5.41) is 25.9. The molecule has 2 unspecified atom stereocenters. The normalized spacial score (nSPS) is 21.1. The van der Waals surface area contributed by atoms with Gasteiger partial charge in [0.25, 0.3) is 5.91 Å².